The SMILES string of the molecule is CC(=O)Nc1cccc(NC(=O)C(=O)NCCc2sc(-c3ccc(Cl)cc3)nc2C)c1. The van der Waals surface area contributed by atoms with Crippen molar-refractivity contribution in [2.75, 3.05) is 17.2 Å². The summed E-state index contributed by atoms with van der Waals surface area (Å²) in [6, 6.07) is 14.0. The van der Waals surface area contributed by atoms with Gasteiger partial charge in [-0.25, -0.2) is 4.98 Å². The smallest absolute Gasteiger partial charge is 0.313 e. The van der Waals surface area contributed by atoms with Crippen LogP contribution in [0.15, 0.2) is 48.5 Å². The lowest BCUT2D eigenvalue weighted by Crippen LogP contribution is -2.36. The van der Waals surface area contributed by atoms with Gasteiger partial charge in [-0.05, 0) is 37.3 Å². The molecule has 0 spiro atoms. The van der Waals surface area contributed by atoms with Crippen LogP contribution in [0, 0.1) is 6.92 Å². The van der Waals surface area contributed by atoms with Gasteiger partial charge >= 0.3 is 11.8 Å². The molecule has 0 atom stereocenters. The fourth-order valence-corrected chi connectivity index (χ4v) is 4.00. The maximum Gasteiger partial charge on any atom is 0.313 e. The van der Waals surface area contributed by atoms with Crippen molar-refractivity contribution >= 4 is 52.0 Å². The van der Waals surface area contributed by atoms with Crippen molar-refractivity contribution < 1.29 is 14.4 Å². The van der Waals surface area contributed by atoms with Crippen molar-refractivity contribution in [2.24, 2.45) is 0 Å². The molecule has 0 bridgehead atoms. The van der Waals surface area contributed by atoms with E-state index in [0.717, 1.165) is 21.1 Å². The molecule has 31 heavy (non-hydrogen) atoms. The van der Waals surface area contributed by atoms with Crippen LogP contribution >= 0.6 is 22.9 Å². The number of nitrogens with one attached hydrogen (secondary N) is 3. The summed E-state index contributed by atoms with van der Waals surface area (Å²) in [4.78, 5) is 41.0. The quantitative estimate of drug-likeness (QED) is 0.487. The molecule has 160 valence electrons. The molecule has 1 heterocycles. The molecule has 0 saturated heterocycles. The number of aryl methyl sites for hydroxylation is 1. The first-order valence-electron chi connectivity index (χ1n) is 9.51. The van der Waals surface area contributed by atoms with Crippen LogP contribution in [0.25, 0.3) is 10.6 Å². The Labute approximate surface area is 188 Å². The summed E-state index contributed by atoms with van der Waals surface area (Å²) in [5.41, 5.74) is 2.82. The highest BCUT2D eigenvalue weighted by atomic mass is 35.5. The van der Waals surface area contributed by atoms with Gasteiger partial charge in [0.25, 0.3) is 0 Å². The predicted molar refractivity (Wildman–Crippen MR) is 123 cm³/mol. The van der Waals surface area contributed by atoms with Crippen molar-refractivity contribution in [1.82, 2.24) is 10.3 Å². The Morgan fingerprint density at radius 3 is 2.35 bits per heavy atom. The first-order valence-corrected chi connectivity index (χ1v) is 10.7. The van der Waals surface area contributed by atoms with Crippen LogP contribution in [0.2, 0.25) is 5.02 Å². The highest BCUT2D eigenvalue weighted by molar-refractivity contribution is 7.15. The minimum Gasteiger partial charge on any atom is -0.347 e. The fraction of sp³-hybridized carbons (Fsp3) is 0.182. The summed E-state index contributed by atoms with van der Waals surface area (Å²) in [5.74, 6) is -1.73. The van der Waals surface area contributed by atoms with Crippen molar-refractivity contribution in [1.29, 1.82) is 0 Å². The second-order valence-electron chi connectivity index (χ2n) is 6.76. The molecule has 2 aromatic carbocycles. The van der Waals surface area contributed by atoms with Gasteiger partial charge in [-0.2, -0.15) is 0 Å². The van der Waals surface area contributed by atoms with Crippen LogP contribution in [-0.2, 0) is 20.8 Å². The summed E-state index contributed by atoms with van der Waals surface area (Å²) >= 11 is 7.48. The Morgan fingerprint density at radius 2 is 1.68 bits per heavy atom. The van der Waals surface area contributed by atoms with Crippen LogP contribution in [0.4, 0.5) is 11.4 Å². The first-order chi connectivity index (χ1) is 14.8. The molecule has 3 amide bonds. The third-order valence-corrected chi connectivity index (χ3v) is 5.79. The second-order valence-corrected chi connectivity index (χ2v) is 8.28. The van der Waals surface area contributed by atoms with E-state index in [4.69, 9.17) is 11.6 Å². The van der Waals surface area contributed by atoms with Gasteiger partial charge in [0.15, 0.2) is 0 Å². The fourth-order valence-electron chi connectivity index (χ4n) is 2.81. The lowest BCUT2D eigenvalue weighted by Gasteiger charge is -2.08. The average molecular weight is 457 g/mol. The molecular weight excluding hydrogens is 436 g/mol. The van der Waals surface area contributed by atoms with Crippen molar-refractivity contribution in [3.05, 3.63) is 64.1 Å². The number of aromatic nitrogens is 1. The molecule has 0 unspecified atom stereocenters. The zero-order chi connectivity index (χ0) is 22.4. The van der Waals surface area contributed by atoms with Gasteiger partial charge in [0.05, 0.1) is 5.69 Å². The van der Waals surface area contributed by atoms with Crippen LogP contribution in [0.5, 0.6) is 0 Å². The summed E-state index contributed by atoms with van der Waals surface area (Å²) in [6.07, 6.45) is 0.564. The number of carbonyl (C=O) groups is 3. The molecule has 0 fully saturated rings. The van der Waals surface area contributed by atoms with E-state index in [-0.39, 0.29) is 5.91 Å². The molecule has 9 heteroatoms. The summed E-state index contributed by atoms with van der Waals surface area (Å²) in [7, 11) is 0. The third-order valence-electron chi connectivity index (χ3n) is 4.27. The van der Waals surface area contributed by atoms with Gasteiger partial charge in [-0.15, -0.1) is 11.3 Å². The van der Waals surface area contributed by atoms with Crippen molar-refractivity contribution in [3.63, 3.8) is 0 Å². The standard InChI is InChI=1S/C22H21ClN4O3S/c1-13-19(31-22(25-13)15-6-8-16(23)9-7-15)10-11-24-20(29)21(30)27-18-5-3-4-17(12-18)26-14(2)28/h3-9,12H,10-11H2,1-2H3,(H,24,29)(H,26,28)(H,27,30). The highest BCUT2D eigenvalue weighted by Crippen LogP contribution is 2.29. The average Bonchev–Trinajstić information content (AvgIpc) is 3.08. The van der Waals surface area contributed by atoms with E-state index < -0.39 is 11.8 Å². The van der Waals surface area contributed by atoms with E-state index in [2.05, 4.69) is 20.9 Å². The number of hydrogen-bond acceptors (Lipinski definition) is 5. The monoisotopic (exact) mass is 456 g/mol. The molecule has 3 rings (SSSR count). The summed E-state index contributed by atoms with van der Waals surface area (Å²) < 4.78 is 0. The second kappa shape index (κ2) is 10.2. The van der Waals surface area contributed by atoms with E-state index in [1.807, 2.05) is 31.2 Å². The number of rotatable bonds is 6. The van der Waals surface area contributed by atoms with E-state index in [0.29, 0.717) is 29.4 Å². The minimum absolute atomic E-state index is 0.223. The molecule has 0 radical (unpaired) electrons. The van der Waals surface area contributed by atoms with Gasteiger partial charge in [-0.1, -0.05) is 29.8 Å². The van der Waals surface area contributed by atoms with Gasteiger partial charge < -0.3 is 16.0 Å². The predicted octanol–water partition coefficient (Wildman–Crippen LogP) is 4.03. The number of carbonyl (C=O) groups excluding carboxylic acids is 3. The van der Waals surface area contributed by atoms with Gasteiger partial charge in [-0.3, -0.25) is 14.4 Å². The van der Waals surface area contributed by atoms with E-state index in [1.54, 1.807) is 35.6 Å². The lowest BCUT2D eigenvalue weighted by atomic mass is 10.2. The Bertz CT molecular complexity index is 1110. The molecule has 0 aliphatic rings. The largest absolute Gasteiger partial charge is 0.347 e. The third kappa shape index (κ3) is 6.37. The van der Waals surface area contributed by atoms with Crippen molar-refractivity contribution in [3.8, 4) is 10.6 Å². The van der Waals surface area contributed by atoms with E-state index in [9.17, 15) is 14.4 Å². The maximum absolute atomic E-state index is 12.1. The zero-order valence-electron chi connectivity index (χ0n) is 17.0. The number of amides is 3. The minimum atomic E-state index is -0.775. The molecule has 0 aliphatic heterocycles. The molecular formula is C22H21ClN4O3S. The van der Waals surface area contributed by atoms with Crippen LogP contribution in [-0.4, -0.2) is 29.3 Å². The normalized spacial score (nSPS) is 10.4. The summed E-state index contributed by atoms with van der Waals surface area (Å²) in [6.45, 7) is 3.62. The molecule has 3 aromatic rings. The van der Waals surface area contributed by atoms with Crippen LogP contribution in [0.1, 0.15) is 17.5 Å². The number of nitrogens with zero attached hydrogens (tertiary/aromatic N) is 1. The van der Waals surface area contributed by atoms with E-state index in [1.165, 1.54) is 6.92 Å². The summed E-state index contributed by atoms with van der Waals surface area (Å²) in [5, 5.41) is 9.31. The first kappa shape index (κ1) is 22.5. The number of thiazole rings is 1. The molecule has 0 saturated carbocycles. The van der Waals surface area contributed by atoms with Crippen LogP contribution in [0.3, 0.4) is 0 Å². The van der Waals surface area contributed by atoms with Gasteiger partial charge in [0.1, 0.15) is 5.01 Å². The Kier molecular flexibility index (Phi) is 7.38. The molecule has 7 nitrogen and oxygen atoms in total. The number of benzene rings is 2. The molecule has 1 aromatic heterocycles. The number of halogens is 1. The molecule has 3 N–H and O–H groups in total. The van der Waals surface area contributed by atoms with E-state index >= 15 is 0 Å². The highest BCUT2D eigenvalue weighted by Gasteiger charge is 2.15. The van der Waals surface area contributed by atoms with Crippen LogP contribution < -0.4 is 16.0 Å². The maximum atomic E-state index is 12.1. The zero-order valence-corrected chi connectivity index (χ0v) is 18.6. The topological polar surface area (TPSA) is 100 Å². The van der Waals surface area contributed by atoms with Crippen molar-refractivity contribution in [2.45, 2.75) is 20.3 Å². The molecule has 0 aliphatic carbocycles. The lowest BCUT2D eigenvalue weighted by molar-refractivity contribution is -0.136. The number of anilines is 2. The Morgan fingerprint density at radius 1 is 1.00 bits per heavy atom. The Balaban J connectivity index is 1.52. The van der Waals surface area contributed by atoms with Gasteiger partial charge in [0.2, 0.25) is 5.91 Å². The van der Waals surface area contributed by atoms with Gasteiger partial charge in [0, 0.05) is 46.7 Å². The number of hydrogen-bond donors (Lipinski definition) is 3. The Hall–Kier alpha value is -3.23.